The Balaban J connectivity index is 1.70. The van der Waals surface area contributed by atoms with Gasteiger partial charge in [-0.15, -0.1) is 0 Å². The van der Waals surface area contributed by atoms with Gasteiger partial charge in [0.25, 0.3) is 0 Å². The van der Waals surface area contributed by atoms with Crippen molar-refractivity contribution < 1.29 is 4.74 Å². The van der Waals surface area contributed by atoms with Crippen LogP contribution in [-0.4, -0.2) is 18.1 Å². The standard InChI is InChI=1S/C24H29N3O/c1-17-7-11-20(12-8-17)16-26-22-6-5-15-25-24(22)27-19(3)23(28-4)21-13-9-18(2)10-14-21/h5-15,19,23,26H,16H2,1-4H3,(H,25,27)/t19-,23-/m0/s1. The molecule has 1 heterocycles. The first kappa shape index (κ1) is 19.9. The molecule has 0 spiro atoms. The van der Waals surface area contributed by atoms with E-state index in [1.165, 1.54) is 16.7 Å². The van der Waals surface area contributed by atoms with Crippen molar-refractivity contribution in [3.63, 3.8) is 0 Å². The largest absolute Gasteiger partial charge is 0.378 e. The number of aryl methyl sites for hydroxylation is 2. The molecule has 4 nitrogen and oxygen atoms in total. The van der Waals surface area contributed by atoms with E-state index in [0.717, 1.165) is 23.6 Å². The molecule has 0 saturated heterocycles. The van der Waals surface area contributed by atoms with Gasteiger partial charge in [-0.3, -0.25) is 0 Å². The van der Waals surface area contributed by atoms with Gasteiger partial charge in [0, 0.05) is 19.9 Å². The summed E-state index contributed by atoms with van der Waals surface area (Å²) in [5.74, 6) is 0.830. The van der Waals surface area contributed by atoms with Crippen molar-refractivity contribution in [2.45, 2.75) is 39.5 Å². The summed E-state index contributed by atoms with van der Waals surface area (Å²) >= 11 is 0. The van der Waals surface area contributed by atoms with Gasteiger partial charge < -0.3 is 15.4 Å². The summed E-state index contributed by atoms with van der Waals surface area (Å²) in [4.78, 5) is 4.54. The van der Waals surface area contributed by atoms with Crippen LogP contribution < -0.4 is 10.6 Å². The average molecular weight is 376 g/mol. The third-order valence-electron chi connectivity index (χ3n) is 4.89. The lowest BCUT2D eigenvalue weighted by molar-refractivity contribution is 0.0907. The van der Waals surface area contributed by atoms with Crippen LogP contribution in [0.25, 0.3) is 0 Å². The Kier molecular flexibility index (Phi) is 6.66. The first-order valence-electron chi connectivity index (χ1n) is 9.67. The molecule has 0 radical (unpaired) electrons. The summed E-state index contributed by atoms with van der Waals surface area (Å²) in [6.07, 6.45) is 1.74. The minimum atomic E-state index is -0.0624. The number of benzene rings is 2. The van der Waals surface area contributed by atoms with Crippen LogP contribution in [0, 0.1) is 13.8 Å². The lowest BCUT2D eigenvalue weighted by atomic mass is 10.0. The number of nitrogens with zero attached hydrogens (tertiary/aromatic N) is 1. The van der Waals surface area contributed by atoms with Crippen molar-refractivity contribution in [2.24, 2.45) is 0 Å². The van der Waals surface area contributed by atoms with Crippen molar-refractivity contribution in [2.75, 3.05) is 17.7 Å². The number of methoxy groups -OCH3 is 1. The third-order valence-corrected chi connectivity index (χ3v) is 4.89. The number of nitrogens with one attached hydrogen (secondary N) is 2. The lowest BCUT2D eigenvalue weighted by Gasteiger charge is -2.25. The zero-order valence-electron chi connectivity index (χ0n) is 17.1. The molecule has 0 unspecified atom stereocenters. The summed E-state index contributed by atoms with van der Waals surface area (Å²) in [7, 11) is 1.75. The van der Waals surface area contributed by atoms with Gasteiger partial charge in [-0.05, 0) is 44.0 Å². The molecule has 3 aromatic rings. The zero-order chi connectivity index (χ0) is 19.9. The molecular weight excluding hydrogens is 346 g/mol. The van der Waals surface area contributed by atoms with Crippen molar-refractivity contribution in [3.05, 3.63) is 89.1 Å². The molecule has 0 aliphatic heterocycles. The molecule has 0 bridgehead atoms. The molecule has 3 rings (SSSR count). The highest BCUT2D eigenvalue weighted by atomic mass is 16.5. The average Bonchev–Trinajstić information content (AvgIpc) is 2.70. The first-order chi connectivity index (χ1) is 13.6. The predicted molar refractivity (Wildman–Crippen MR) is 117 cm³/mol. The van der Waals surface area contributed by atoms with E-state index in [4.69, 9.17) is 4.74 Å². The second-order valence-electron chi connectivity index (χ2n) is 7.24. The molecule has 146 valence electrons. The number of hydrogen-bond donors (Lipinski definition) is 2. The molecule has 0 saturated carbocycles. The Bertz CT molecular complexity index is 875. The number of pyridine rings is 1. The fraction of sp³-hybridized carbons (Fsp3) is 0.292. The lowest BCUT2D eigenvalue weighted by Crippen LogP contribution is -2.26. The van der Waals surface area contributed by atoms with Crippen LogP contribution in [0.2, 0.25) is 0 Å². The molecule has 0 aliphatic carbocycles. The molecular formula is C24H29N3O. The zero-order valence-corrected chi connectivity index (χ0v) is 17.1. The fourth-order valence-corrected chi connectivity index (χ4v) is 3.24. The smallest absolute Gasteiger partial charge is 0.149 e. The van der Waals surface area contributed by atoms with Crippen LogP contribution in [0.4, 0.5) is 11.5 Å². The van der Waals surface area contributed by atoms with E-state index in [1.807, 2.05) is 12.1 Å². The molecule has 0 aliphatic rings. The number of aromatic nitrogens is 1. The second kappa shape index (κ2) is 9.38. The van der Waals surface area contributed by atoms with Gasteiger partial charge in [0.05, 0.1) is 11.7 Å². The molecule has 0 fully saturated rings. The molecule has 2 N–H and O–H groups in total. The Morgan fingerprint density at radius 3 is 2.21 bits per heavy atom. The van der Waals surface area contributed by atoms with E-state index in [-0.39, 0.29) is 12.1 Å². The summed E-state index contributed by atoms with van der Waals surface area (Å²) in [5, 5.41) is 7.01. The SMILES string of the molecule is CO[C@H](c1ccc(C)cc1)[C@H](C)Nc1ncccc1NCc1ccc(C)cc1. The van der Waals surface area contributed by atoms with Crippen LogP contribution >= 0.6 is 0 Å². The number of rotatable bonds is 8. The molecule has 2 aromatic carbocycles. The highest BCUT2D eigenvalue weighted by molar-refractivity contribution is 5.64. The van der Waals surface area contributed by atoms with E-state index < -0.39 is 0 Å². The van der Waals surface area contributed by atoms with Gasteiger partial charge in [0.1, 0.15) is 11.9 Å². The van der Waals surface area contributed by atoms with Gasteiger partial charge >= 0.3 is 0 Å². The van der Waals surface area contributed by atoms with Crippen molar-refractivity contribution in [1.29, 1.82) is 0 Å². The first-order valence-corrected chi connectivity index (χ1v) is 9.67. The Hall–Kier alpha value is -2.85. The van der Waals surface area contributed by atoms with E-state index >= 15 is 0 Å². The van der Waals surface area contributed by atoms with E-state index in [1.54, 1.807) is 13.3 Å². The molecule has 1 aromatic heterocycles. The summed E-state index contributed by atoms with van der Waals surface area (Å²) in [6.45, 7) is 7.06. The minimum Gasteiger partial charge on any atom is -0.378 e. The molecule has 28 heavy (non-hydrogen) atoms. The molecule has 0 amide bonds. The van der Waals surface area contributed by atoms with Crippen LogP contribution in [-0.2, 0) is 11.3 Å². The topological polar surface area (TPSA) is 46.2 Å². The van der Waals surface area contributed by atoms with Crippen LogP contribution in [0.3, 0.4) is 0 Å². The fourth-order valence-electron chi connectivity index (χ4n) is 3.24. The summed E-state index contributed by atoms with van der Waals surface area (Å²) in [5.41, 5.74) is 5.88. The van der Waals surface area contributed by atoms with Crippen molar-refractivity contribution in [1.82, 2.24) is 4.98 Å². The normalized spacial score (nSPS) is 13.0. The van der Waals surface area contributed by atoms with Crippen LogP contribution in [0.5, 0.6) is 0 Å². The monoisotopic (exact) mass is 375 g/mol. The van der Waals surface area contributed by atoms with Gasteiger partial charge in [-0.1, -0.05) is 59.7 Å². The minimum absolute atomic E-state index is 0.0579. The second-order valence-corrected chi connectivity index (χ2v) is 7.24. The maximum absolute atomic E-state index is 5.78. The van der Waals surface area contributed by atoms with Gasteiger partial charge in [-0.2, -0.15) is 0 Å². The maximum atomic E-state index is 5.78. The molecule has 4 heteroatoms. The van der Waals surface area contributed by atoms with E-state index in [9.17, 15) is 0 Å². The number of ether oxygens (including phenoxy) is 1. The Morgan fingerprint density at radius 1 is 0.929 bits per heavy atom. The van der Waals surface area contributed by atoms with Gasteiger partial charge in [0.15, 0.2) is 0 Å². The van der Waals surface area contributed by atoms with Crippen molar-refractivity contribution >= 4 is 11.5 Å². The Morgan fingerprint density at radius 2 is 1.57 bits per heavy atom. The number of anilines is 2. The van der Waals surface area contributed by atoms with Crippen LogP contribution in [0.15, 0.2) is 66.9 Å². The third kappa shape index (κ3) is 5.11. The van der Waals surface area contributed by atoms with E-state index in [2.05, 4.69) is 84.9 Å². The van der Waals surface area contributed by atoms with Gasteiger partial charge in [-0.25, -0.2) is 4.98 Å². The number of hydrogen-bond acceptors (Lipinski definition) is 4. The highest BCUT2D eigenvalue weighted by Crippen LogP contribution is 2.26. The Labute approximate surface area is 168 Å². The quantitative estimate of drug-likeness (QED) is 0.546. The van der Waals surface area contributed by atoms with E-state index in [0.29, 0.717) is 0 Å². The highest BCUT2D eigenvalue weighted by Gasteiger charge is 2.20. The summed E-state index contributed by atoms with van der Waals surface area (Å²) in [6, 6.07) is 21.1. The van der Waals surface area contributed by atoms with Crippen LogP contribution in [0.1, 0.15) is 35.3 Å². The predicted octanol–water partition coefficient (Wildman–Crippen LogP) is 5.50. The van der Waals surface area contributed by atoms with Crippen molar-refractivity contribution in [3.8, 4) is 0 Å². The molecule has 2 atom stereocenters. The summed E-state index contributed by atoms with van der Waals surface area (Å²) < 4.78 is 5.78. The van der Waals surface area contributed by atoms with Gasteiger partial charge in [0.2, 0.25) is 0 Å². The maximum Gasteiger partial charge on any atom is 0.149 e.